The molecule has 1 unspecified atom stereocenters. The third-order valence-corrected chi connectivity index (χ3v) is 2.50. The van der Waals surface area contributed by atoms with Crippen LogP contribution in [0.1, 0.15) is 23.6 Å². The minimum atomic E-state index is -0.504. The van der Waals surface area contributed by atoms with E-state index < -0.39 is 5.60 Å². The van der Waals surface area contributed by atoms with Gasteiger partial charge >= 0.3 is 0 Å². The molecule has 0 saturated carbocycles. The van der Waals surface area contributed by atoms with Crippen LogP contribution in [0.5, 0.6) is 0 Å². The fraction of sp³-hybridized carbons (Fsp3) is 0.455. The van der Waals surface area contributed by atoms with E-state index in [1.54, 1.807) is 0 Å². The Hall–Kier alpha value is -0.820. The Bertz CT molecular complexity index is 313. The number of fused-ring (bicyclic) bond motifs is 1. The molecule has 0 fully saturated rings. The van der Waals surface area contributed by atoms with E-state index in [0.717, 1.165) is 12.8 Å². The van der Waals surface area contributed by atoms with Gasteiger partial charge in [0.15, 0.2) is 0 Å². The van der Waals surface area contributed by atoms with Crippen molar-refractivity contribution in [2.24, 2.45) is 0 Å². The van der Waals surface area contributed by atoms with Crippen LogP contribution < -0.4 is 0 Å². The van der Waals surface area contributed by atoms with Crippen molar-refractivity contribution in [1.82, 2.24) is 0 Å². The maximum Gasteiger partial charge on any atom is 0.0700 e. The number of hydrogen-bond donors (Lipinski definition) is 1. The van der Waals surface area contributed by atoms with Crippen LogP contribution in [0.2, 0.25) is 0 Å². The Morgan fingerprint density at radius 2 is 1.92 bits per heavy atom. The van der Waals surface area contributed by atoms with E-state index >= 15 is 0 Å². The molecule has 0 spiro atoms. The minimum absolute atomic E-state index is 0.504. The van der Waals surface area contributed by atoms with Crippen LogP contribution in [0.25, 0.3) is 0 Å². The summed E-state index contributed by atoms with van der Waals surface area (Å²) in [5.74, 6) is 0. The number of aliphatic hydroxyl groups is 1. The lowest BCUT2D eigenvalue weighted by Crippen LogP contribution is -2.23. The molecule has 2 rings (SSSR count). The van der Waals surface area contributed by atoms with E-state index in [2.05, 4.69) is 25.1 Å². The van der Waals surface area contributed by atoms with Crippen LogP contribution in [0.3, 0.4) is 0 Å². The summed E-state index contributed by atoms with van der Waals surface area (Å²) in [6, 6.07) is 6.42. The molecule has 1 nitrogen and oxygen atoms in total. The standard InChI is InChI=1S/C11H14O/c1-8-3-4-9-6-11(2,12)7-10(9)5-8/h3-5,12H,6-7H2,1-2H3. The van der Waals surface area contributed by atoms with E-state index in [1.807, 2.05) is 6.92 Å². The maximum atomic E-state index is 9.81. The summed E-state index contributed by atoms with van der Waals surface area (Å²) >= 11 is 0. The molecule has 0 bridgehead atoms. The second kappa shape index (κ2) is 2.33. The zero-order chi connectivity index (χ0) is 8.77. The molecule has 12 heavy (non-hydrogen) atoms. The highest BCUT2D eigenvalue weighted by atomic mass is 16.3. The van der Waals surface area contributed by atoms with Crippen molar-refractivity contribution in [1.29, 1.82) is 0 Å². The number of benzene rings is 1. The average molecular weight is 162 g/mol. The highest BCUT2D eigenvalue weighted by Gasteiger charge is 2.29. The van der Waals surface area contributed by atoms with Crippen molar-refractivity contribution in [2.45, 2.75) is 32.3 Å². The Labute approximate surface area is 73.0 Å². The molecule has 1 aromatic rings. The van der Waals surface area contributed by atoms with E-state index in [-0.39, 0.29) is 0 Å². The van der Waals surface area contributed by atoms with Gasteiger partial charge in [-0.1, -0.05) is 23.8 Å². The lowest BCUT2D eigenvalue weighted by Gasteiger charge is -2.13. The van der Waals surface area contributed by atoms with Gasteiger partial charge in [-0.3, -0.25) is 0 Å². The summed E-state index contributed by atoms with van der Waals surface area (Å²) in [7, 11) is 0. The fourth-order valence-electron chi connectivity index (χ4n) is 1.97. The Kier molecular flexibility index (Phi) is 1.52. The smallest absolute Gasteiger partial charge is 0.0700 e. The quantitative estimate of drug-likeness (QED) is 0.617. The van der Waals surface area contributed by atoms with Gasteiger partial charge in [0, 0.05) is 12.8 Å². The van der Waals surface area contributed by atoms with Crippen LogP contribution in [-0.2, 0) is 12.8 Å². The van der Waals surface area contributed by atoms with Gasteiger partial charge < -0.3 is 5.11 Å². The molecule has 1 heteroatoms. The van der Waals surface area contributed by atoms with Gasteiger partial charge in [0.1, 0.15) is 0 Å². The van der Waals surface area contributed by atoms with Crippen LogP contribution in [0.15, 0.2) is 18.2 Å². The van der Waals surface area contributed by atoms with Crippen LogP contribution in [0.4, 0.5) is 0 Å². The highest BCUT2D eigenvalue weighted by Crippen LogP contribution is 2.29. The largest absolute Gasteiger partial charge is 0.389 e. The summed E-state index contributed by atoms with van der Waals surface area (Å²) in [6.07, 6.45) is 1.62. The van der Waals surface area contributed by atoms with Gasteiger partial charge in [0.25, 0.3) is 0 Å². The van der Waals surface area contributed by atoms with E-state index in [0.29, 0.717) is 0 Å². The third-order valence-electron chi connectivity index (χ3n) is 2.50. The minimum Gasteiger partial charge on any atom is -0.389 e. The van der Waals surface area contributed by atoms with Gasteiger partial charge in [0.2, 0.25) is 0 Å². The first-order chi connectivity index (χ1) is 5.57. The molecule has 0 aliphatic heterocycles. The molecule has 1 aromatic carbocycles. The van der Waals surface area contributed by atoms with Gasteiger partial charge in [-0.2, -0.15) is 0 Å². The Balaban J connectivity index is 2.43. The van der Waals surface area contributed by atoms with E-state index in [1.165, 1.54) is 16.7 Å². The summed E-state index contributed by atoms with van der Waals surface area (Å²) in [6.45, 7) is 4.00. The first-order valence-electron chi connectivity index (χ1n) is 4.38. The first-order valence-corrected chi connectivity index (χ1v) is 4.38. The predicted octanol–water partition coefficient (Wildman–Crippen LogP) is 1.84. The van der Waals surface area contributed by atoms with Crippen molar-refractivity contribution in [3.63, 3.8) is 0 Å². The second-order valence-corrected chi connectivity index (χ2v) is 4.12. The molecule has 0 heterocycles. The normalized spacial score (nSPS) is 27.2. The van der Waals surface area contributed by atoms with Crippen LogP contribution in [0, 0.1) is 6.92 Å². The molecule has 1 atom stereocenters. The monoisotopic (exact) mass is 162 g/mol. The van der Waals surface area contributed by atoms with Gasteiger partial charge in [-0.05, 0) is 25.0 Å². The molecule has 1 N–H and O–H groups in total. The zero-order valence-corrected chi connectivity index (χ0v) is 7.59. The SMILES string of the molecule is Cc1ccc2c(c1)CC(C)(O)C2. The van der Waals surface area contributed by atoms with Crippen molar-refractivity contribution in [2.75, 3.05) is 0 Å². The van der Waals surface area contributed by atoms with Crippen LogP contribution in [-0.4, -0.2) is 10.7 Å². The lowest BCUT2D eigenvalue weighted by atomic mass is 10.0. The molecular weight excluding hydrogens is 148 g/mol. The zero-order valence-electron chi connectivity index (χ0n) is 7.59. The Morgan fingerprint density at radius 1 is 1.25 bits per heavy atom. The molecule has 1 aliphatic carbocycles. The summed E-state index contributed by atoms with van der Waals surface area (Å²) in [5.41, 5.74) is 3.41. The predicted molar refractivity (Wildman–Crippen MR) is 49.2 cm³/mol. The van der Waals surface area contributed by atoms with Crippen molar-refractivity contribution >= 4 is 0 Å². The maximum absolute atomic E-state index is 9.81. The summed E-state index contributed by atoms with van der Waals surface area (Å²) in [5, 5.41) is 9.81. The lowest BCUT2D eigenvalue weighted by molar-refractivity contribution is 0.0719. The average Bonchev–Trinajstić information content (AvgIpc) is 2.21. The fourth-order valence-corrected chi connectivity index (χ4v) is 1.97. The molecule has 0 radical (unpaired) electrons. The third kappa shape index (κ3) is 1.25. The van der Waals surface area contributed by atoms with Gasteiger partial charge in [-0.25, -0.2) is 0 Å². The summed E-state index contributed by atoms with van der Waals surface area (Å²) in [4.78, 5) is 0. The number of hydrogen-bond acceptors (Lipinski definition) is 1. The first kappa shape index (κ1) is 7.81. The topological polar surface area (TPSA) is 20.2 Å². The Morgan fingerprint density at radius 3 is 2.67 bits per heavy atom. The highest BCUT2D eigenvalue weighted by molar-refractivity contribution is 5.37. The van der Waals surface area contributed by atoms with E-state index in [9.17, 15) is 5.11 Å². The molecule has 1 aliphatic rings. The molecular formula is C11H14O. The van der Waals surface area contributed by atoms with Crippen molar-refractivity contribution in [3.05, 3.63) is 34.9 Å². The number of aryl methyl sites for hydroxylation is 1. The van der Waals surface area contributed by atoms with Crippen LogP contribution >= 0.6 is 0 Å². The molecule has 0 aromatic heterocycles. The van der Waals surface area contributed by atoms with Crippen molar-refractivity contribution in [3.8, 4) is 0 Å². The van der Waals surface area contributed by atoms with Gasteiger partial charge in [-0.15, -0.1) is 0 Å². The molecule has 0 amide bonds. The van der Waals surface area contributed by atoms with E-state index in [4.69, 9.17) is 0 Å². The molecule has 64 valence electrons. The second-order valence-electron chi connectivity index (χ2n) is 4.12. The summed E-state index contributed by atoms with van der Waals surface area (Å²) < 4.78 is 0. The number of rotatable bonds is 0. The van der Waals surface area contributed by atoms with Gasteiger partial charge in [0.05, 0.1) is 5.60 Å². The van der Waals surface area contributed by atoms with Crippen molar-refractivity contribution < 1.29 is 5.11 Å². The molecule has 0 saturated heterocycles.